The van der Waals surface area contributed by atoms with E-state index in [2.05, 4.69) is 60.8 Å². The van der Waals surface area contributed by atoms with Crippen LogP contribution in [0.3, 0.4) is 0 Å². The highest BCUT2D eigenvalue weighted by Gasteiger charge is 2.23. The zero-order chi connectivity index (χ0) is 50.5. The molecule has 22 nitrogen and oxygen atoms in total. The Morgan fingerprint density at radius 2 is 1.03 bits per heavy atom. The Balaban J connectivity index is 1.33. The Hall–Kier alpha value is -6.20. The lowest BCUT2D eigenvalue weighted by Crippen LogP contribution is -2.22. The minimum absolute atomic E-state index is 0.0600. The maximum Gasteiger partial charge on any atom is 0.296 e. The van der Waals surface area contributed by atoms with E-state index in [1.807, 2.05) is 39.8 Å². The summed E-state index contributed by atoms with van der Waals surface area (Å²) in [5, 5.41) is 34.7. The summed E-state index contributed by atoms with van der Waals surface area (Å²) in [5.74, 6) is 1.36. The summed E-state index contributed by atoms with van der Waals surface area (Å²) in [5.41, 5.74) is 4.10. The molecule has 0 aliphatic heterocycles. The summed E-state index contributed by atoms with van der Waals surface area (Å²) in [6.07, 6.45) is 0. The number of hydrogen-bond donors (Lipinski definition) is 5. The molecule has 370 valence electrons. The number of hydrogen-bond acceptors (Lipinski definition) is 23. The van der Waals surface area contributed by atoms with Crippen LogP contribution in [-0.4, -0.2) is 109 Å². The fraction of sp³-hybridized carbons (Fsp3) is 0.326. The predicted octanol–water partition coefficient (Wildman–Crippen LogP) is 10.3. The second-order valence-electron chi connectivity index (χ2n) is 15.1. The molecule has 0 spiro atoms. The van der Waals surface area contributed by atoms with E-state index in [-0.39, 0.29) is 71.9 Å². The topological polar surface area (TPSA) is 292 Å². The maximum absolute atomic E-state index is 12.3. The van der Waals surface area contributed by atoms with E-state index in [0.717, 1.165) is 34.0 Å². The average Bonchev–Trinajstić information content (AvgIpc) is 3.93. The number of thiazole rings is 2. The Labute approximate surface area is 415 Å². The van der Waals surface area contributed by atoms with Gasteiger partial charge in [0.05, 0.1) is 53.0 Å². The van der Waals surface area contributed by atoms with Gasteiger partial charge in [-0.3, -0.25) is 9.11 Å². The lowest BCUT2D eigenvalue weighted by atomic mass is 10.2. The first-order valence-electron chi connectivity index (χ1n) is 21.5. The Morgan fingerprint density at radius 1 is 0.614 bits per heavy atom. The van der Waals surface area contributed by atoms with Crippen molar-refractivity contribution in [3.8, 4) is 11.5 Å². The van der Waals surface area contributed by atoms with E-state index in [1.54, 1.807) is 38.1 Å². The molecule has 0 aliphatic rings. The van der Waals surface area contributed by atoms with Gasteiger partial charge in [0.1, 0.15) is 43.7 Å². The molecule has 0 unspecified atom stereocenters. The molecule has 0 saturated carbocycles. The number of azo groups is 2. The van der Waals surface area contributed by atoms with Gasteiger partial charge in [-0.15, -0.1) is 20.5 Å². The van der Waals surface area contributed by atoms with Gasteiger partial charge in [-0.1, -0.05) is 34.4 Å². The van der Waals surface area contributed by atoms with Gasteiger partial charge < -0.3 is 35.0 Å². The van der Waals surface area contributed by atoms with Crippen LogP contribution in [0.15, 0.2) is 83.9 Å². The Kier molecular flexibility index (Phi) is 16.1. The molecule has 70 heavy (non-hydrogen) atoms. The third-order valence-corrected chi connectivity index (χ3v) is 14.8. The number of thioether (sulfide) groups is 1. The molecule has 4 aromatic carbocycles. The number of aryl methyl sites for hydroxylation is 2. The highest BCUT2D eigenvalue weighted by Crippen LogP contribution is 2.44. The Bertz CT molecular complexity index is 3150. The zero-order valence-electron chi connectivity index (χ0n) is 39.1. The average molecular weight is 1050 g/mol. The van der Waals surface area contributed by atoms with Crippen LogP contribution in [0.5, 0.6) is 11.5 Å². The van der Waals surface area contributed by atoms with Crippen LogP contribution in [0.4, 0.5) is 56.3 Å². The summed E-state index contributed by atoms with van der Waals surface area (Å²) in [6, 6.07) is 13.1. The van der Waals surface area contributed by atoms with Crippen molar-refractivity contribution in [2.45, 2.75) is 56.5 Å². The van der Waals surface area contributed by atoms with Crippen LogP contribution in [0, 0.1) is 13.8 Å². The Morgan fingerprint density at radius 3 is 1.39 bits per heavy atom. The molecule has 27 heteroatoms. The van der Waals surface area contributed by atoms with Gasteiger partial charge in [0.15, 0.2) is 5.16 Å². The minimum atomic E-state index is -4.59. The van der Waals surface area contributed by atoms with E-state index < -0.39 is 20.2 Å². The molecule has 3 heterocycles. The van der Waals surface area contributed by atoms with Crippen molar-refractivity contribution in [3.05, 3.63) is 59.7 Å². The molecule has 0 saturated heterocycles. The summed E-state index contributed by atoms with van der Waals surface area (Å²) in [6.45, 7) is 13.8. The second-order valence-corrected chi connectivity index (χ2v) is 20.9. The number of benzene rings is 4. The van der Waals surface area contributed by atoms with Crippen LogP contribution >= 0.6 is 34.4 Å². The fourth-order valence-corrected chi connectivity index (χ4v) is 11.2. The summed E-state index contributed by atoms with van der Waals surface area (Å²) < 4.78 is 81.5. The van der Waals surface area contributed by atoms with Gasteiger partial charge in [0.2, 0.25) is 22.2 Å². The molecule has 0 aliphatic carbocycles. The first-order valence-corrected chi connectivity index (χ1v) is 27.0. The molecule has 0 atom stereocenters. The standard InChI is InChI=1S/C43H49N13O9S5/c1-9-55(10-2)29-19-25(27(21-31(29)64-7)51-53-42-46-37-33(67-42)15-23(5)17-35(37)69(58,59)60)44-39-48-40(50-41(49-39)66-14-13-57)45-26-20-30(56(11-3)12-4)32(65-8)22-28(26)52-54-43-47-38-34(68-43)16-24(6)18-36(38)70(61,62)63/h15-22,57H,9-14H2,1-8H3,(H,58,59,60)(H,61,62,63)(H2,44,45,48,49,50)/b53-51+,54-52+. The van der Waals surface area contributed by atoms with Gasteiger partial charge in [-0.25, -0.2) is 9.97 Å². The number of nitrogens with one attached hydrogen (secondary N) is 2. The van der Waals surface area contributed by atoms with Gasteiger partial charge in [-0.2, -0.15) is 31.8 Å². The lowest BCUT2D eigenvalue weighted by molar-refractivity contribution is 0.322. The van der Waals surface area contributed by atoms with Crippen LogP contribution in [0.1, 0.15) is 38.8 Å². The number of fused-ring (bicyclic) bond motifs is 2. The number of anilines is 6. The first-order chi connectivity index (χ1) is 33.4. The molecule has 7 aromatic rings. The van der Waals surface area contributed by atoms with Gasteiger partial charge >= 0.3 is 0 Å². The normalized spacial score (nSPS) is 12.2. The highest BCUT2D eigenvalue weighted by molar-refractivity contribution is 7.99. The van der Waals surface area contributed by atoms with Crippen molar-refractivity contribution < 1.29 is 40.5 Å². The van der Waals surface area contributed by atoms with Crippen molar-refractivity contribution in [1.29, 1.82) is 0 Å². The van der Waals surface area contributed by atoms with E-state index in [1.165, 1.54) is 38.1 Å². The molecule has 5 N–H and O–H groups in total. The van der Waals surface area contributed by atoms with Crippen molar-refractivity contribution in [1.82, 2.24) is 24.9 Å². The predicted molar refractivity (Wildman–Crippen MR) is 274 cm³/mol. The second kappa shape index (κ2) is 21.8. The smallest absolute Gasteiger partial charge is 0.296 e. The van der Waals surface area contributed by atoms with Gasteiger partial charge in [0.25, 0.3) is 20.2 Å². The summed E-state index contributed by atoms with van der Waals surface area (Å²) in [4.78, 5) is 26.4. The molecular formula is C43H49N13O9S5. The third-order valence-electron chi connectivity index (χ3n) is 10.5. The number of aromatic nitrogens is 5. The first kappa shape index (κ1) is 51.6. The largest absolute Gasteiger partial charge is 0.494 e. The van der Waals surface area contributed by atoms with Crippen molar-refractivity contribution in [2.24, 2.45) is 20.5 Å². The molecule has 0 amide bonds. The van der Waals surface area contributed by atoms with Crippen LogP contribution in [-0.2, 0) is 20.2 Å². The molecule has 3 aromatic heterocycles. The summed E-state index contributed by atoms with van der Waals surface area (Å²) >= 11 is 3.36. The number of aliphatic hydroxyl groups is 1. The number of methoxy groups -OCH3 is 2. The van der Waals surface area contributed by atoms with Crippen LogP contribution < -0.4 is 29.9 Å². The van der Waals surface area contributed by atoms with Gasteiger partial charge in [0, 0.05) is 44.1 Å². The van der Waals surface area contributed by atoms with E-state index >= 15 is 0 Å². The summed E-state index contributed by atoms with van der Waals surface area (Å²) in [7, 11) is -6.11. The monoisotopic (exact) mass is 1050 g/mol. The van der Waals surface area contributed by atoms with E-state index in [0.29, 0.717) is 69.6 Å². The molecule has 0 radical (unpaired) electrons. The van der Waals surface area contributed by atoms with Crippen LogP contribution in [0.25, 0.3) is 20.4 Å². The third kappa shape index (κ3) is 11.7. The SMILES string of the molecule is CCN(CC)c1cc(Nc2nc(Nc3cc(N(CC)CC)c(OC)cc3/N=N/c3nc4c(S(=O)(=O)O)cc(C)cc4s3)nc(SCCO)n2)c(/N=N/c2nc3c(S(=O)(=O)O)cc(C)cc3s2)cc1OC. The maximum atomic E-state index is 12.3. The lowest BCUT2D eigenvalue weighted by Gasteiger charge is -2.25. The van der Waals surface area contributed by atoms with E-state index in [4.69, 9.17) is 14.5 Å². The minimum Gasteiger partial charge on any atom is -0.494 e. The van der Waals surface area contributed by atoms with Crippen molar-refractivity contribution >= 4 is 131 Å². The molecule has 0 bridgehead atoms. The van der Waals surface area contributed by atoms with Crippen LogP contribution in [0.2, 0.25) is 0 Å². The zero-order valence-corrected chi connectivity index (χ0v) is 43.2. The molecule has 0 fully saturated rings. The fourth-order valence-electron chi connectivity index (χ4n) is 7.25. The van der Waals surface area contributed by atoms with Crippen molar-refractivity contribution in [3.63, 3.8) is 0 Å². The highest BCUT2D eigenvalue weighted by atomic mass is 32.2. The number of rotatable bonds is 21. The van der Waals surface area contributed by atoms with Gasteiger partial charge in [-0.05, 0) is 89.1 Å². The number of nitrogens with zero attached hydrogens (tertiary/aromatic N) is 11. The molecular weight excluding hydrogens is 1000 g/mol. The molecule has 7 rings (SSSR count). The van der Waals surface area contributed by atoms with Crippen molar-refractivity contribution in [2.75, 3.05) is 73.2 Å². The number of aliphatic hydroxyl groups excluding tert-OH is 1. The van der Waals surface area contributed by atoms with E-state index in [9.17, 15) is 31.0 Å². The number of ether oxygens (including phenoxy) is 2. The quantitative estimate of drug-likeness (QED) is 0.0254.